The number of rotatable bonds is 4. The molecule has 3 unspecified atom stereocenters. The van der Waals surface area contributed by atoms with E-state index in [1.54, 1.807) is 4.90 Å². The van der Waals surface area contributed by atoms with Gasteiger partial charge in [-0.15, -0.1) is 0 Å². The van der Waals surface area contributed by atoms with Crippen LogP contribution in [0.25, 0.3) is 0 Å². The van der Waals surface area contributed by atoms with E-state index in [9.17, 15) is 14.7 Å². The van der Waals surface area contributed by atoms with Gasteiger partial charge in [-0.3, -0.25) is 4.90 Å². The minimum absolute atomic E-state index is 0.204. The first-order valence-corrected chi connectivity index (χ1v) is 10.0. The molecule has 2 aliphatic heterocycles. The highest BCUT2D eigenvalue weighted by atomic mass is 16.5. The van der Waals surface area contributed by atoms with Crippen molar-refractivity contribution in [2.45, 2.75) is 58.0 Å². The average Bonchev–Trinajstić information content (AvgIpc) is 3.09. The van der Waals surface area contributed by atoms with E-state index in [0.717, 1.165) is 45.2 Å². The topological polar surface area (TPSA) is 73.3 Å². The van der Waals surface area contributed by atoms with E-state index in [1.165, 1.54) is 7.11 Å². The fourth-order valence-electron chi connectivity index (χ4n) is 5.76. The number of hydrogen-bond donors (Lipinski definition) is 1. The van der Waals surface area contributed by atoms with Gasteiger partial charge in [0.25, 0.3) is 0 Å². The summed E-state index contributed by atoms with van der Waals surface area (Å²) in [4.78, 5) is 29.2. The summed E-state index contributed by atoms with van der Waals surface area (Å²) in [6.45, 7) is 8.35. The SMILES string of the molecule is CCC1C(N2CCC(N(CC)C(=O)OC)CC2)CC12CCN(C(=O)O)C2. The molecule has 26 heavy (non-hydrogen) atoms. The highest BCUT2D eigenvalue weighted by Crippen LogP contribution is 2.56. The Balaban J connectivity index is 1.56. The first-order valence-electron chi connectivity index (χ1n) is 10.0. The highest BCUT2D eigenvalue weighted by Gasteiger charge is 2.58. The van der Waals surface area contributed by atoms with Gasteiger partial charge < -0.3 is 19.6 Å². The van der Waals surface area contributed by atoms with Crippen molar-refractivity contribution < 1.29 is 19.4 Å². The quantitative estimate of drug-likeness (QED) is 0.827. The summed E-state index contributed by atoms with van der Waals surface area (Å²) in [6, 6.07) is 0.842. The molecule has 1 aliphatic carbocycles. The minimum Gasteiger partial charge on any atom is -0.465 e. The molecule has 1 N–H and O–H groups in total. The van der Waals surface area contributed by atoms with Crippen molar-refractivity contribution in [3.8, 4) is 0 Å². The second kappa shape index (κ2) is 7.62. The summed E-state index contributed by atoms with van der Waals surface area (Å²) >= 11 is 0. The number of carbonyl (C=O) groups excluding carboxylic acids is 1. The Morgan fingerprint density at radius 3 is 2.42 bits per heavy atom. The zero-order valence-electron chi connectivity index (χ0n) is 16.3. The van der Waals surface area contributed by atoms with Crippen LogP contribution < -0.4 is 0 Å². The van der Waals surface area contributed by atoms with Crippen LogP contribution in [0, 0.1) is 11.3 Å². The Kier molecular flexibility index (Phi) is 5.65. The zero-order chi connectivity index (χ0) is 18.9. The second-order valence-corrected chi connectivity index (χ2v) is 8.13. The van der Waals surface area contributed by atoms with Gasteiger partial charge in [-0.2, -0.15) is 0 Å². The Labute approximate surface area is 156 Å². The van der Waals surface area contributed by atoms with E-state index < -0.39 is 6.09 Å². The molecule has 2 saturated heterocycles. The molecule has 2 amide bonds. The maximum atomic E-state index is 11.9. The number of ether oxygens (including phenoxy) is 1. The molecule has 0 radical (unpaired) electrons. The number of methoxy groups -OCH3 is 1. The van der Waals surface area contributed by atoms with Crippen molar-refractivity contribution in [1.29, 1.82) is 0 Å². The third-order valence-electron chi connectivity index (χ3n) is 7.12. The van der Waals surface area contributed by atoms with Crippen molar-refractivity contribution in [3.63, 3.8) is 0 Å². The van der Waals surface area contributed by atoms with Gasteiger partial charge in [0.1, 0.15) is 0 Å². The molecule has 148 valence electrons. The lowest BCUT2D eigenvalue weighted by atomic mass is 9.54. The fraction of sp³-hybridized carbons (Fsp3) is 0.895. The maximum absolute atomic E-state index is 11.9. The molecule has 1 saturated carbocycles. The van der Waals surface area contributed by atoms with Crippen molar-refractivity contribution in [2.75, 3.05) is 39.8 Å². The van der Waals surface area contributed by atoms with Gasteiger partial charge in [0.05, 0.1) is 7.11 Å². The van der Waals surface area contributed by atoms with Crippen LogP contribution in [0.15, 0.2) is 0 Å². The van der Waals surface area contributed by atoms with Crippen molar-refractivity contribution in [3.05, 3.63) is 0 Å². The average molecular weight is 367 g/mol. The number of piperidine rings is 1. The van der Waals surface area contributed by atoms with Gasteiger partial charge >= 0.3 is 12.2 Å². The zero-order valence-corrected chi connectivity index (χ0v) is 16.3. The second-order valence-electron chi connectivity index (χ2n) is 8.13. The summed E-state index contributed by atoms with van der Waals surface area (Å²) in [7, 11) is 1.45. The molecule has 1 spiro atoms. The van der Waals surface area contributed by atoms with Gasteiger partial charge in [0, 0.05) is 44.8 Å². The van der Waals surface area contributed by atoms with Crippen molar-refractivity contribution in [1.82, 2.24) is 14.7 Å². The van der Waals surface area contributed by atoms with Crippen LogP contribution in [0.2, 0.25) is 0 Å². The minimum atomic E-state index is -0.775. The van der Waals surface area contributed by atoms with Gasteiger partial charge in [0.2, 0.25) is 0 Å². The first-order chi connectivity index (χ1) is 12.5. The van der Waals surface area contributed by atoms with E-state index >= 15 is 0 Å². The molecular formula is C19H33N3O4. The number of carboxylic acid groups (broad SMARTS) is 1. The summed E-state index contributed by atoms with van der Waals surface area (Å²) in [5.74, 6) is 0.589. The molecule has 3 rings (SSSR count). The molecule has 0 aromatic rings. The Hall–Kier alpha value is -1.50. The smallest absolute Gasteiger partial charge is 0.409 e. The third-order valence-corrected chi connectivity index (χ3v) is 7.12. The van der Waals surface area contributed by atoms with Gasteiger partial charge in [-0.05, 0) is 43.9 Å². The lowest BCUT2D eigenvalue weighted by Gasteiger charge is -2.58. The van der Waals surface area contributed by atoms with Crippen LogP contribution in [0.3, 0.4) is 0 Å². The monoisotopic (exact) mass is 367 g/mol. The lowest BCUT2D eigenvalue weighted by molar-refractivity contribution is -0.0815. The van der Waals surface area contributed by atoms with Crippen molar-refractivity contribution >= 4 is 12.2 Å². The normalized spacial score (nSPS) is 32.5. The molecular weight excluding hydrogens is 334 g/mol. The van der Waals surface area contributed by atoms with Crippen LogP contribution in [0.5, 0.6) is 0 Å². The highest BCUT2D eigenvalue weighted by molar-refractivity contribution is 5.67. The van der Waals surface area contributed by atoms with Crippen LogP contribution >= 0.6 is 0 Å². The number of hydrogen-bond acceptors (Lipinski definition) is 4. The molecule has 3 fully saturated rings. The number of nitrogens with zero attached hydrogens (tertiary/aromatic N) is 3. The predicted octanol–water partition coefficient (Wildman–Crippen LogP) is 2.71. The number of carbonyl (C=O) groups is 2. The van der Waals surface area contributed by atoms with Crippen LogP contribution in [-0.2, 0) is 4.74 Å². The van der Waals surface area contributed by atoms with Crippen LogP contribution in [0.1, 0.15) is 46.0 Å². The molecule has 0 bridgehead atoms. The van der Waals surface area contributed by atoms with Gasteiger partial charge in [0.15, 0.2) is 0 Å². The summed E-state index contributed by atoms with van der Waals surface area (Å²) in [6.07, 6.45) is 4.23. The molecule has 0 aromatic heterocycles. The van der Waals surface area contributed by atoms with Crippen LogP contribution in [-0.4, -0.2) is 83.9 Å². The summed E-state index contributed by atoms with van der Waals surface area (Å²) < 4.78 is 4.91. The summed E-state index contributed by atoms with van der Waals surface area (Å²) in [5.41, 5.74) is 0.204. The van der Waals surface area contributed by atoms with Gasteiger partial charge in [-0.25, -0.2) is 9.59 Å². The maximum Gasteiger partial charge on any atom is 0.409 e. The number of amides is 2. The van der Waals surface area contributed by atoms with Crippen molar-refractivity contribution in [2.24, 2.45) is 11.3 Å². The van der Waals surface area contributed by atoms with E-state index in [4.69, 9.17) is 4.74 Å². The summed E-state index contributed by atoms with van der Waals surface area (Å²) in [5, 5.41) is 9.28. The number of likely N-dealkylation sites (tertiary alicyclic amines) is 2. The molecule has 7 nitrogen and oxygen atoms in total. The van der Waals surface area contributed by atoms with Gasteiger partial charge in [-0.1, -0.05) is 13.3 Å². The molecule has 0 aromatic carbocycles. The van der Waals surface area contributed by atoms with E-state index in [1.807, 2.05) is 11.8 Å². The Morgan fingerprint density at radius 1 is 1.23 bits per heavy atom. The fourth-order valence-corrected chi connectivity index (χ4v) is 5.76. The standard InChI is InChI=1S/C19H33N3O4/c1-4-15-16(12-19(15)8-11-21(13-19)17(23)24)20-9-6-14(7-10-20)22(5-2)18(25)26-3/h14-16H,4-13H2,1-3H3,(H,23,24). The Morgan fingerprint density at radius 2 is 1.92 bits per heavy atom. The largest absolute Gasteiger partial charge is 0.465 e. The van der Waals surface area contributed by atoms with E-state index in [-0.39, 0.29) is 17.6 Å². The van der Waals surface area contributed by atoms with E-state index in [0.29, 0.717) is 31.6 Å². The molecule has 7 heteroatoms. The molecule has 3 aliphatic rings. The first kappa shape index (κ1) is 19.3. The Bertz CT molecular complexity index is 535. The third kappa shape index (κ3) is 3.26. The lowest BCUT2D eigenvalue weighted by Crippen LogP contribution is -2.62. The van der Waals surface area contributed by atoms with Crippen LogP contribution in [0.4, 0.5) is 9.59 Å². The molecule has 3 atom stereocenters. The molecule has 2 heterocycles. The van der Waals surface area contributed by atoms with E-state index in [2.05, 4.69) is 11.8 Å². The predicted molar refractivity (Wildman–Crippen MR) is 98.2 cm³/mol.